The Labute approximate surface area is 157 Å². The van der Waals surface area contributed by atoms with E-state index in [0.29, 0.717) is 12.6 Å². The van der Waals surface area contributed by atoms with Crippen LogP contribution in [0.25, 0.3) is 0 Å². The second kappa shape index (κ2) is 7.55. The van der Waals surface area contributed by atoms with Crippen molar-refractivity contribution in [2.45, 2.75) is 32.7 Å². The van der Waals surface area contributed by atoms with Gasteiger partial charge in [-0.15, -0.1) is 0 Å². The van der Waals surface area contributed by atoms with E-state index in [1.54, 1.807) is 0 Å². The number of para-hydroxylation sites is 1. The minimum absolute atomic E-state index is 0.0225. The average Bonchev–Trinajstić information content (AvgIpc) is 2.87. The summed E-state index contributed by atoms with van der Waals surface area (Å²) in [6, 6.07) is 15.1. The zero-order valence-electron chi connectivity index (χ0n) is 14.2. The van der Waals surface area contributed by atoms with Gasteiger partial charge in [0.2, 0.25) is 0 Å². The number of anilines is 1. The minimum Gasteiger partial charge on any atom is -0.368 e. The van der Waals surface area contributed by atoms with Gasteiger partial charge in [-0.25, -0.2) is 0 Å². The molecule has 0 spiro atoms. The number of benzene rings is 2. The van der Waals surface area contributed by atoms with Gasteiger partial charge in [0.05, 0.1) is 5.56 Å². The Morgan fingerprint density at radius 1 is 1.29 bits per heavy atom. The Balaban J connectivity index is 1.51. The van der Waals surface area contributed by atoms with Gasteiger partial charge in [-0.2, -0.15) is 0 Å². The number of hydrogen-bond donors (Lipinski definition) is 1. The number of halogens is 1. The van der Waals surface area contributed by atoms with Gasteiger partial charge in [0, 0.05) is 28.4 Å². The van der Waals surface area contributed by atoms with Crippen molar-refractivity contribution in [1.82, 2.24) is 5.32 Å². The van der Waals surface area contributed by atoms with Gasteiger partial charge >= 0.3 is 0 Å². The Kier molecular flexibility index (Phi) is 5.43. The monoisotopic (exact) mass is 434 g/mol. The van der Waals surface area contributed by atoms with Crippen LogP contribution in [0.1, 0.15) is 34.8 Å². The van der Waals surface area contributed by atoms with Crippen LogP contribution in [0.2, 0.25) is 0 Å². The molecule has 126 valence electrons. The second-order valence-electron chi connectivity index (χ2n) is 6.47. The molecule has 2 aromatic carbocycles. The smallest absolute Gasteiger partial charge is 0.252 e. The number of amides is 1. The van der Waals surface area contributed by atoms with Gasteiger partial charge in [-0.3, -0.25) is 4.79 Å². The highest BCUT2D eigenvalue weighted by atomic mass is 127. The highest BCUT2D eigenvalue weighted by Gasteiger charge is 2.24. The third kappa shape index (κ3) is 3.74. The van der Waals surface area contributed by atoms with E-state index < -0.39 is 0 Å². The van der Waals surface area contributed by atoms with E-state index in [1.165, 1.54) is 16.8 Å². The lowest BCUT2D eigenvalue weighted by Crippen LogP contribution is -2.33. The molecule has 0 bridgehead atoms. The molecule has 0 unspecified atom stereocenters. The largest absolute Gasteiger partial charge is 0.368 e. The van der Waals surface area contributed by atoms with E-state index in [9.17, 15) is 4.79 Å². The lowest BCUT2D eigenvalue weighted by molar-refractivity contribution is 0.0952. The van der Waals surface area contributed by atoms with Crippen molar-refractivity contribution >= 4 is 34.2 Å². The van der Waals surface area contributed by atoms with Gasteiger partial charge in [0.1, 0.15) is 0 Å². The number of rotatable bonds is 5. The lowest BCUT2D eigenvalue weighted by atomic mass is 10.1. The number of carbonyl (C=O) groups is 1. The van der Waals surface area contributed by atoms with E-state index in [0.717, 1.165) is 28.5 Å². The van der Waals surface area contributed by atoms with Gasteiger partial charge in [0.25, 0.3) is 5.91 Å². The van der Waals surface area contributed by atoms with Crippen molar-refractivity contribution < 1.29 is 4.79 Å². The molecule has 0 radical (unpaired) electrons. The summed E-state index contributed by atoms with van der Waals surface area (Å²) in [7, 11) is 0. The number of fused-ring (bicyclic) bond motifs is 1. The first-order valence-electron chi connectivity index (χ1n) is 8.45. The highest BCUT2D eigenvalue weighted by molar-refractivity contribution is 14.1. The summed E-state index contributed by atoms with van der Waals surface area (Å²) >= 11 is 2.23. The quantitative estimate of drug-likeness (QED) is 0.566. The minimum atomic E-state index is 0.0225. The molecule has 4 heteroatoms. The lowest BCUT2D eigenvalue weighted by Gasteiger charge is -2.25. The van der Waals surface area contributed by atoms with Crippen LogP contribution in [0, 0.1) is 10.5 Å². The molecule has 3 nitrogen and oxygen atoms in total. The molecule has 24 heavy (non-hydrogen) atoms. The van der Waals surface area contributed by atoms with Crippen molar-refractivity contribution in [3.05, 3.63) is 62.7 Å². The molecule has 1 heterocycles. The molecule has 0 saturated heterocycles. The first-order valence-corrected chi connectivity index (χ1v) is 9.53. The predicted molar refractivity (Wildman–Crippen MR) is 108 cm³/mol. The maximum atomic E-state index is 12.3. The molecule has 0 aromatic heterocycles. The Hall–Kier alpha value is -1.56. The molecule has 2 aromatic rings. The molecule has 1 aliphatic rings. The Morgan fingerprint density at radius 2 is 2.08 bits per heavy atom. The molecule has 0 aliphatic carbocycles. The molecule has 1 amide bonds. The van der Waals surface area contributed by atoms with E-state index in [2.05, 4.69) is 64.0 Å². The summed E-state index contributed by atoms with van der Waals surface area (Å²) in [5, 5.41) is 3.05. The topological polar surface area (TPSA) is 32.3 Å². The number of carbonyl (C=O) groups excluding carboxylic acids is 1. The molecule has 0 fully saturated rings. The summed E-state index contributed by atoms with van der Waals surface area (Å²) < 4.78 is 1.01. The number of hydrogen-bond acceptors (Lipinski definition) is 2. The fourth-order valence-corrected chi connectivity index (χ4v) is 4.24. The van der Waals surface area contributed by atoms with Crippen LogP contribution in [0.3, 0.4) is 0 Å². The average molecular weight is 434 g/mol. The normalized spacial score (nSPS) is 16.1. The first kappa shape index (κ1) is 17.3. The Bertz CT molecular complexity index is 744. The van der Waals surface area contributed by atoms with E-state index in [4.69, 9.17) is 0 Å². The zero-order chi connectivity index (χ0) is 17.1. The van der Waals surface area contributed by atoms with Crippen LogP contribution in [0.5, 0.6) is 0 Å². The highest BCUT2D eigenvalue weighted by Crippen LogP contribution is 2.31. The zero-order valence-corrected chi connectivity index (χ0v) is 16.3. The molecule has 3 rings (SSSR count). The summed E-state index contributed by atoms with van der Waals surface area (Å²) in [6.07, 6.45) is 2.07. The third-order valence-corrected chi connectivity index (χ3v) is 5.47. The number of nitrogens with zero attached hydrogens (tertiary/aromatic N) is 1. The van der Waals surface area contributed by atoms with Gasteiger partial charge in [-0.05, 0) is 73.0 Å². The first-order chi connectivity index (χ1) is 11.6. The predicted octanol–water partition coefficient (Wildman–Crippen LogP) is 4.17. The van der Waals surface area contributed by atoms with E-state index in [1.807, 2.05) is 25.1 Å². The summed E-state index contributed by atoms with van der Waals surface area (Å²) in [4.78, 5) is 14.8. The van der Waals surface area contributed by atoms with Crippen LogP contribution in [0.15, 0.2) is 42.5 Å². The second-order valence-corrected chi connectivity index (χ2v) is 7.63. The van der Waals surface area contributed by atoms with Crippen molar-refractivity contribution in [2.75, 3.05) is 18.0 Å². The van der Waals surface area contributed by atoms with Gasteiger partial charge in [-0.1, -0.05) is 29.8 Å². The molecule has 0 saturated carbocycles. The third-order valence-electron chi connectivity index (χ3n) is 4.58. The molecule has 1 atom stereocenters. The number of nitrogens with one attached hydrogen (secondary N) is 1. The fourth-order valence-electron chi connectivity index (χ4n) is 3.32. The maximum absolute atomic E-state index is 12.3. The SMILES string of the molecule is Cc1ccc(C(=O)NCCCN2c3ccccc3C[C@@H]2C)c(I)c1. The fraction of sp³-hybridized carbons (Fsp3) is 0.350. The van der Waals surface area contributed by atoms with Gasteiger partial charge in [0.15, 0.2) is 0 Å². The molecule has 1 N–H and O–H groups in total. The molecule has 1 aliphatic heterocycles. The van der Waals surface area contributed by atoms with Crippen molar-refractivity contribution in [3.8, 4) is 0 Å². The van der Waals surface area contributed by atoms with Crippen molar-refractivity contribution in [3.63, 3.8) is 0 Å². The van der Waals surface area contributed by atoms with E-state index in [-0.39, 0.29) is 5.91 Å². The van der Waals surface area contributed by atoms with Crippen molar-refractivity contribution in [2.24, 2.45) is 0 Å². The Morgan fingerprint density at radius 3 is 2.88 bits per heavy atom. The van der Waals surface area contributed by atoms with E-state index >= 15 is 0 Å². The summed E-state index contributed by atoms with van der Waals surface area (Å²) in [5.41, 5.74) is 4.73. The van der Waals surface area contributed by atoms with Gasteiger partial charge < -0.3 is 10.2 Å². The molecular formula is C20H23IN2O. The van der Waals surface area contributed by atoms with Crippen molar-refractivity contribution in [1.29, 1.82) is 0 Å². The van der Waals surface area contributed by atoms with Crippen LogP contribution >= 0.6 is 22.6 Å². The number of aryl methyl sites for hydroxylation is 1. The summed E-state index contributed by atoms with van der Waals surface area (Å²) in [6.45, 7) is 5.99. The van der Waals surface area contributed by atoms with Crippen LogP contribution in [-0.2, 0) is 6.42 Å². The maximum Gasteiger partial charge on any atom is 0.252 e. The van der Waals surface area contributed by atoms with Crippen LogP contribution < -0.4 is 10.2 Å². The summed E-state index contributed by atoms with van der Waals surface area (Å²) in [5.74, 6) is 0.0225. The standard InChI is InChI=1S/C20H23IN2O/c1-14-8-9-17(18(21)12-14)20(24)22-10-5-11-23-15(2)13-16-6-3-4-7-19(16)23/h3-4,6-9,12,15H,5,10-11,13H2,1-2H3,(H,22,24)/t15-/m0/s1. The van der Waals surface area contributed by atoms with Crippen LogP contribution in [0.4, 0.5) is 5.69 Å². The molecular weight excluding hydrogens is 411 g/mol. The van der Waals surface area contributed by atoms with Crippen LogP contribution in [-0.4, -0.2) is 25.0 Å².